The zero-order chi connectivity index (χ0) is 15.5. The van der Waals surface area contributed by atoms with Crippen molar-refractivity contribution in [3.63, 3.8) is 0 Å². The van der Waals surface area contributed by atoms with E-state index in [9.17, 15) is 9.18 Å². The third-order valence-corrected chi connectivity index (χ3v) is 2.72. The summed E-state index contributed by atoms with van der Waals surface area (Å²) < 4.78 is 33.7. The van der Waals surface area contributed by atoms with E-state index in [-0.39, 0.29) is 12.2 Å². The maximum Gasteiger partial charge on any atom is 0.340 e. The highest BCUT2D eigenvalue weighted by molar-refractivity contribution is 5.89. The fraction of sp³-hybridized carbons (Fsp3) is 0.533. The molecule has 0 N–H and O–H groups in total. The highest BCUT2D eigenvalue weighted by Gasteiger charge is 2.12. The van der Waals surface area contributed by atoms with Gasteiger partial charge in [-0.15, -0.1) is 0 Å². The van der Waals surface area contributed by atoms with E-state index in [0.29, 0.717) is 32.0 Å². The van der Waals surface area contributed by atoms with Crippen molar-refractivity contribution in [3.8, 4) is 0 Å². The number of halogens is 1. The van der Waals surface area contributed by atoms with Crippen molar-refractivity contribution in [2.45, 2.75) is 13.0 Å². The lowest BCUT2D eigenvalue weighted by Crippen LogP contribution is -2.07. The maximum atomic E-state index is 13.6. The minimum Gasteiger partial charge on any atom is -0.465 e. The quantitative estimate of drug-likeness (QED) is 0.490. The molecule has 0 saturated carbocycles. The molecule has 5 nitrogen and oxygen atoms in total. The zero-order valence-electron chi connectivity index (χ0n) is 12.4. The number of hydrogen-bond donors (Lipinski definition) is 0. The van der Waals surface area contributed by atoms with Crippen LogP contribution in [0, 0.1) is 5.82 Å². The molecular formula is C15H21FO5. The number of carbonyl (C=O) groups excluding carboxylic acids is 1. The molecule has 1 aromatic carbocycles. The second-order valence-corrected chi connectivity index (χ2v) is 4.32. The van der Waals surface area contributed by atoms with Crippen LogP contribution in [0.2, 0.25) is 0 Å². The van der Waals surface area contributed by atoms with Crippen molar-refractivity contribution in [2.75, 3.05) is 40.6 Å². The van der Waals surface area contributed by atoms with Crippen LogP contribution in [0.1, 0.15) is 22.3 Å². The monoisotopic (exact) mass is 300 g/mol. The van der Waals surface area contributed by atoms with Crippen LogP contribution in [0.15, 0.2) is 18.2 Å². The molecule has 1 rings (SSSR count). The molecule has 6 heteroatoms. The topological polar surface area (TPSA) is 54.0 Å². The molecule has 0 aliphatic rings. The molecule has 0 saturated heterocycles. The van der Waals surface area contributed by atoms with Crippen molar-refractivity contribution in [1.29, 1.82) is 0 Å². The van der Waals surface area contributed by atoms with Crippen LogP contribution < -0.4 is 0 Å². The van der Waals surface area contributed by atoms with E-state index in [1.165, 1.54) is 19.2 Å². The molecule has 0 amide bonds. The Labute approximate surface area is 123 Å². The largest absolute Gasteiger partial charge is 0.465 e. The van der Waals surface area contributed by atoms with Crippen molar-refractivity contribution in [1.82, 2.24) is 0 Å². The van der Waals surface area contributed by atoms with Crippen molar-refractivity contribution < 1.29 is 28.1 Å². The standard InChI is InChI=1S/C15H21FO5/c1-18-8-9-20-6-3-7-21-11-12-4-5-13(14(16)10-12)15(17)19-2/h4-5,10H,3,6-9,11H2,1-2H3. The van der Waals surface area contributed by atoms with E-state index >= 15 is 0 Å². The summed E-state index contributed by atoms with van der Waals surface area (Å²) in [6, 6.07) is 4.32. The minimum absolute atomic E-state index is 0.0761. The summed E-state index contributed by atoms with van der Waals surface area (Å²) in [5.74, 6) is -1.29. The van der Waals surface area contributed by atoms with Gasteiger partial charge in [-0.3, -0.25) is 0 Å². The smallest absolute Gasteiger partial charge is 0.340 e. The fourth-order valence-electron chi connectivity index (χ4n) is 1.62. The number of rotatable bonds is 10. The highest BCUT2D eigenvalue weighted by Crippen LogP contribution is 2.12. The first-order valence-electron chi connectivity index (χ1n) is 6.70. The van der Waals surface area contributed by atoms with Crippen LogP contribution in [0.5, 0.6) is 0 Å². The average Bonchev–Trinajstić information content (AvgIpc) is 2.49. The lowest BCUT2D eigenvalue weighted by Gasteiger charge is -2.07. The van der Waals surface area contributed by atoms with E-state index in [1.54, 1.807) is 13.2 Å². The molecule has 0 spiro atoms. The Morgan fingerprint density at radius 1 is 1.10 bits per heavy atom. The van der Waals surface area contributed by atoms with Gasteiger partial charge in [-0.05, 0) is 24.1 Å². The van der Waals surface area contributed by atoms with Crippen LogP contribution in [0.3, 0.4) is 0 Å². The molecule has 0 fully saturated rings. The Hall–Kier alpha value is -1.50. The summed E-state index contributed by atoms with van der Waals surface area (Å²) in [5, 5.41) is 0. The molecule has 0 unspecified atom stereocenters. The maximum absolute atomic E-state index is 13.6. The fourth-order valence-corrected chi connectivity index (χ4v) is 1.62. The van der Waals surface area contributed by atoms with E-state index < -0.39 is 11.8 Å². The molecule has 0 heterocycles. The minimum atomic E-state index is -0.687. The van der Waals surface area contributed by atoms with Crippen LogP contribution in [0.25, 0.3) is 0 Å². The first kappa shape index (κ1) is 17.6. The molecule has 0 aromatic heterocycles. The Morgan fingerprint density at radius 2 is 1.86 bits per heavy atom. The van der Waals surface area contributed by atoms with Gasteiger partial charge in [-0.2, -0.15) is 0 Å². The Morgan fingerprint density at radius 3 is 2.52 bits per heavy atom. The van der Waals surface area contributed by atoms with E-state index in [0.717, 1.165) is 6.42 Å². The average molecular weight is 300 g/mol. The molecule has 0 atom stereocenters. The van der Waals surface area contributed by atoms with Crippen molar-refractivity contribution in [2.24, 2.45) is 0 Å². The first-order valence-corrected chi connectivity index (χ1v) is 6.70. The lowest BCUT2D eigenvalue weighted by molar-refractivity contribution is 0.0482. The lowest BCUT2D eigenvalue weighted by atomic mass is 10.1. The molecule has 0 aliphatic carbocycles. The highest BCUT2D eigenvalue weighted by atomic mass is 19.1. The Kier molecular flexibility index (Phi) is 8.57. The second kappa shape index (κ2) is 10.3. The number of benzene rings is 1. The van der Waals surface area contributed by atoms with Crippen LogP contribution in [0.4, 0.5) is 4.39 Å². The van der Waals surface area contributed by atoms with Gasteiger partial charge in [-0.1, -0.05) is 6.07 Å². The predicted molar refractivity (Wildman–Crippen MR) is 74.7 cm³/mol. The van der Waals surface area contributed by atoms with Crippen LogP contribution >= 0.6 is 0 Å². The van der Waals surface area contributed by atoms with Gasteiger partial charge in [0, 0.05) is 20.3 Å². The summed E-state index contributed by atoms with van der Waals surface area (Å²) in [6.07, 6.45) is 0.756. The third-order valence-electron chi connectivity index (χ3n) is 2.72. The van der Waals surface area contributed by atoms with Gasteiger partial charge in [0.25, 0.3) is 0 Å². The summed E-state index contributed by atoms with van der Waals surface area (Å²) in [7, 11) is 2.84. The molecule has 21 heavy (non-hydrogen) atoms. The molecule has 0 aliphatic heterocycles. The summed E-state index contributed by atoms with van der Waals surface area (Å²) in [4.78, 5) is 11.2. The second-order valence-electron chi connectivity index (χ2n) is 4.32. The number of ether oxygens (including phenoxy) is 4. The zero-order valence-corrected chi connectivity index (χ0v) is 12.4. The van der Waals surface area contributed by atoms with Gasteiger partial charge in [-0.25, -0.2) is 9.18 Å². The molecule has 0 radical (unpaired) electrons. The van der Waals surface area contributed by atoms with Gasteiger partial charge in [0.1, 0.15) is 5.82 Å². The molecule has 118 valence electrons. The number of hydrogen-bond acceptors (Lipinski definition) is 5. The predicted octanol–water partition coefficient (Wildman–Crippen LogP) is 2.18. The van der Waals surface area contributed by atoms with E-state index in [4.69, 9.17) is 14.2 Å². The number of methoxy groups -OCH3 is 2. The van der Waals surface area contributed by atoms with E-state index in [1.807, 2.05) is 0 Å². The van der Waals surface area contributed by atoms with Crippen molar-refractivity contribution >= 4 is 5.97 Å². The summed E-state index contributed by atoms with van der Waals surface area (Å²) in [6.45, 7) is 2.55. The van der Waals surface area contributed by atoms with E-state index in [2.05, 4.69) is 4.74 Å². The van der Waals surface area contributed by atoms with Crippen LogP contribution in [-0.4, -0.2) is 46.6 Å². The SMILES string of the molecule is COCCOCCCOCc1ccc(C(=O)OC)c(F)c1. The Balaban J connectivity index is 2.24. The Bertz CT molecular complexity index is 436. The molecular weight excluding hydrogens is 279 g/mol. The normalized spacial score (nSPS) is 10.6. The third kappa shape index (κ3) is 6.66. The molecule has 0 bridgehead atoms. The first-order chi connectivity index (χ1) is 10.2. The van der Waals surface area contributed by atoms with Gasteiger partial charge < -0.3 is 18.9 Å². The van der Waals surface area contributed by atoms with Gasteiger partial charge in [0.15, 0.2) is 0 Å². The number of carbonyl (C=O) groups is 1. The number of esters is 1. The van der Waals surface area contributed by atoms with Gasteiger partial charge >= 0.3 is 5.97 Å². The summed E-state index contributed by atoms with van der Waals surface area (Å²) in [5.41, 5.74) is 0.591. The van der Waals surface area contributed by atoms with Gasteiger partial charge in [0.2, 0.25) is 0 Å². The van der Waals surface area contributed by atoms with Gasteiger partial charge in [0.05, 0.1) is 32.5 Å². The van der Waals surface area contributed by atoms with Crippen molar-refractivity contribution in [3.05, 3.63) is 35.1 Å². The van der Waals surface area contributed by atoms with Crippen LogP contribution in [-0.2, 0) is 25.6 Å². The molecule has 1 aromatic rings. The summed E-state index contributed by atoms with van der Waals surface area (Å²) >= 11 is 0.